The quantitative estimate of drug-likeness (QED) is 0.598. The lowest BCUT2D eigenvalue weighted by molar-refractivity contribution is 0.0697. The van der Waals surface area contributed by atoms with Crippen molar-refractivity contribution in [2.24, 2.45) is 0 Å². The number of benzene rings is 2. The number of carboxylic acid groups (broad SMARTS) is 1. The lowest BCUT2D eigenvalue weighted by Crippen LogP contribution is -2.19. The van der Waals surface area contributed by atoms with Crippen LogP contribution in [0, 0.1) is 0 Å². The molecule has 0 aromatic heterocycles. The van der Waals surface area contributed by atoms with Crippen molar-refractivity contribution in [1.82, 2.24) is 0 Å². The van der Waals surface area contributed by atoms with Crippen LogP contribution in [0.1, 0.15) is 10.4 Å². The average molecular weight is 310 g/mol. The number of anilines is 4. The summed E-state index contributed by atoms with van der Waals surface area (Å²) in [6.07, 6.45) is 0. The normalized spacial score (nSPS) is 11.9. The Morgan fingerprint density at radius 3 is 2.22 bits per heavy atom. The van der Waals surface area contributed by atoms with Gasteiger partial charge < -0.3 is 26.4 Å². The molecule has 116 valence electrons. The van der Waals surface area contributed by atoms with Gasteiger partial charge in [-0.2, -0.15) is 0 Å². The standard InChI is InChI=1S/C16H14N4O3/c1-9-17-13-7-6-12(8-14(13)18-9)20-16(23)19-11-4-2-10(3-5-11)15(21)22/h2-8,17-18H,1H2,(H,21,22)(H2,19,20,23). The van der Waals surface area contributed by atoms with Crippen molar-refractivity contribution < 1.29 is 14.7 Å². The molecule has 1 aliphatic heterocycles. The molecule has 23 heavy (non-hydrogen) atoms. The molecule has 5 N–H and O–H groups in total. The molecule has 3 rings (SSSR count). The van der Waals surface area contributed by atoms with Crippen LogP contribution >= 0.6 is 0 Å². The minimum atomic E-state index is -1.01. The molecule has 0 fully saturated rings. The predicted octanol–water partition coefficient (Wildman–Crippen LogP) is 3.34. The van der Waals surface area contributed by atoms with Gasteiger partial charge in [-0.3, -0.25) is 0 Å². The number of amides is 2. The molecule has 0 unspecified atom stereocenters. The number of urea groups is 1. The summed E-state index contributed by atoms with van der Waals surface area (Å²) < 4.78 is 0. The molecular formula is C16H14N4O3. The van der Waals surface area contributed by atoms with Crippen molar-refractivity contribution >= 4 is 34.7 Å². The third-order valence-electron chi connectivity index (χ3n) is 3.24. The minimum absolute atomic E-state index is 0.161. The smallest absolute Gasteiger partial charge is 0.335 e. The number of hydrogen-bond acceptors (Lipinski definition) is 4. The minimum Gasteiger partial charge on any atom is -0.478 e. The summed E-state index contributed by atoms with van der Waals surface area (Å²) in [6, 6.07) is 10.9. The molecule has 1 heterocycles. The first-order valence-corrected chi connectivity index (χ1v) is 6.79. The fourth-order valence-corrected chi connectivity index (χ4v) is 2.18. The summed E-state index contributed by atoms with van der Waals surface area (Å²) in [5.74, 6) is -0.332. The Kier molecular flexibility index (Phi) is 3.60. The van der Waals surface area contributed by atoms with Crippen LogP contribution in [0.15, 0.2) is 54.9 Å². The third kappa shape index (κ3) is 3.24. The summed E-state index contributed by atoms with van der Waals surface area (Å²) in [5, 5.41) is 20.3. The van der Waals surface area contributed by atoms with Crippen LogP contribution in [-0.4, -0.2) is 17.1 Å². The van der Waals surface area contributed by atoms with Crippen LogP contribution in [0.5, 0.6) is 0 Å². The Bertz CT molecular complexity index is 799. The first-order chi connectivity index (χ1) is 11.0. The van der Waals surface area contributed by atoms with Gasteiger partial charge in [-0.1, -0.05) is 6.58 Å². The van der Waals surface area contributed by atoms with E-state index in [2.05, 4.69) is 27.8 Å². The summed E-state index contributed by atoms with van der Waals surface area (Å²) in [4.78, 5) is 22.7. The van der Waals surface area contributed by atoms with Crippen LogP contribution in [0.3, 0.4) is 0 Å². The first kappa shape index (κ1) is 14.5. The highest BCUT2D eigenvalue weighted by Crippen LogP contribution is 2.32. The van der Waals surface area contributed by atoms with Gasteiger partial charge in [-0.05, 0) is 42.5 Å². The van der Waals surface area contributed by atoms with Crippen LogP contribution in [0.25, 0.3) is 0 Å². The molecule has 0 spiro atoms. The van der Waals surface area contributed by atoms with Gasteiger partial charge in [0.05, 0.1) is 16.9 Å². The second kappa shape index (κ2) is 5.72. The van der Waals surface area contributed by atoms with Crippen molar-refractivity contribution in [3.63, 3.8) is 0 Å². The van der Waals surface area contributed by atoms with E-state index in [-0.39, 0.29) is 5.56 Å². The van der Waals surface area contributed by atoms with Gasteiger partial charge >= 0.3 is 12.0 Å². The summed E-state index contributed by atoms with van der Waals surface area (Å²) in [6.45, 7) is 3.77. The molecule has 2 amide bonds. The van der Waals surface area contributed by atoms with Gasteiger partial charge in [0.15, 0.2) is 0 Å². The number of fused-ring (bicyclic) bond motifs is 1. The first-order valence-electron chi connectivity index (χ1n) is 6.79. The van der Waals surface area contributed by atoms with Crippen molar-refractivity contribution in [3.05, 3.63) is 60.4 Å². The molecule has 0 aliphatic carbocycles. The van der Waals surface area contributed by atoms with Gasteiger partial charge in [0.25, 0.3) is 0 Å². The van der Waals surface area contributed by atoms with E-state index in [1.165, 1.54) is 24.3 Å². The van der Waals surface area contributed by atoms with E-state index in [1.54, 1.807) is 12.1 Å². The number of carbonyl (C=O) groups excluding carboxylic acids is 1. The van der Waals surface area contributed by atoms with Gasteiger partial charge in [0.2, 0.25) is 0 Å². The van der Waals surface area contributed by atoms with E-state index < -0.39 is 12.0 Å². The highest BCUT2D eigenvalue weighted by atomic mass is 16.4. The van der Waals surface area contributed by atoms with E-state index in [0.29, 0.717) is 17.2 Å². The zero-order valence-corrected chi connectivity index (χ0v) is 12.0. The Labute approximate surface area is 132 Å². The topological polar surface area (TPSA) is 102 Å². The molecule has 0 atom stereocenters. The highest BCUT2D eigenvalue weighted by molar-refractivity contribution is 6.01. The fourth-order valence-electron chi connectivity index (χ4n) is 2.18. The SMILES string of the molecule is C=C1Nc2ccc(NC(=O)Nc3ccc(C(=O)O)cc3)cc2N1. The Hall–Kier alpha value is -3.48. The molecule has 7 heteroatoms. The van der Waals surface area contributed by atoms with Crippen LogP contribution in [0.4, 0.5) is 27.5 Å². The summed E-state index contributed by atoms with van der Waals surface area (Å²) in [5.41, 5.74) is 3.01. The second-order valence-electron chi connectivity index (χ2n) is 4.95. The molecule has 0 bridgehead atoms. The predicted molar refractivity (Wildman–Crippen MR) is 88.9 cm³/mol. The number of nitrogens with one attached hydrogen (secondary N) is 4. The summed E-state index contributed by atoms with van der Waals surface area (Å²) >= 11 is 0. The number of carboxylic acids is 1. The van der Waals surface area contributed by atoms with Crippen molar-refractivity contribution in [2.75, 3.05) is 21.3 Å². The number of hydrogen-bond donors (Lipinski definition) is 5. The Morgan fingerprint density at radius 1 is 0.913 bits per heavy atom. The molecule has 0 saturated heterocycles. The largest absolute Gasteiger partial charge is 0.478 e. The second-order valence-corrected chi connectivity index (χ2v) is 4.95. The zero-order valence-electron chi connectivity index (χ0n) is 12.0. The van der Waals surface area contributed by atoms with Crippen LogP contribution in [-0.2, 0) is 0 Å². The van der Waals surface area contributed by atoms with E-state index in [9.17, 15) is 9.59 Å². The van der Waals surface area contributed by atoms with Gasteiger partial charge in [0.1, 0.15) is 5.82 Å². The molecule has 0 saturated carbocycles. The monoisotopic (exact) mass is 310 g/mol. The lowest BCUT2D eigenvalue weighted by atomic mass is 10.2. The van der Waals surface area contributed by atoms with E-state index in [1.807, 2.05) is 6.07 Å². The third-order valence-corrected chi connectivity index (χ3v) is 3.24. The van der Waals surface area contributed by atoms with Gasteiger partial charge in [-0.15, -0.1) is 0 Å². The maximum atomic E-state index is 12.0. The van der Waals surface area contributed by atoms with Crippen LogP contribution < -0.4 is 21.3 Å². The molecular weight excluding hydrogens is 296 g/mol. The molecule has 7 nitrogen and oxygen atoms in total. The highest BCUT2D eigenvalue weighted by Gasteiger charge is 2.13. The molecule has 0 radical (unpaired) electrons. The lowest BCUT2D eigenvalue weighted by Gasteiger charge is -2.09. The number of aromatic carboxylic acids is 1. The van der Waals surface area contributed by atoms with Gasteiger partial charge in [0, 0.05) is 11.4 Å². The molecule has 1 aliphatic rings. The van der Waals surface area contributed by atoms with Crippen molar-refractivity contribution in [2.45, 2.75) is 0 Å². The Morgan fingerprint density at radius 2 is 1.52 bits per heavy atom. The van der Waals surface area contributed by atoms with E-state index in [4.69, 9.17) is 5.11 Å². The maximum absolute atomic E-state index is 12.0. The van der Waals surface area contributed by atoms with E-state index >= 15 is 0 Å². The van der Waals surface area contributed by atoms with Crippen molar-refractivity contribution in [3.8, 4) is 0 Å². The Balaban J connectivity index is 1.64. The van der Waals surface area contributed by atoms with E-state index in [0.717, 1.165) is 11.4 Å². The van der Waals surface area contributed by atoms with Crippen LogP contribution in [0.2, 0.25) is 0 Å². The number of rotatable bonds is 3. The molecule has 2 aromatic rings. The summed E-state index contributed by atoms with van der Waals surface area (Å²) in [7, 11) is 0. The fraction of sp³-hybridized carbons (Fsp3) is 0. The van der Waals surface area contributed by atoms with Crippen molar-refractivity contribution in [1.29, 1.82) is 0 Å². The molecule has 2 aromatic carbocycles. The maximum Gasteiger partial charge on any atom is 0.335 e. The average Bonchev–Trinajstić information content (AvgIpc) is 2.87. The number of carbonyl (C=O) groups is 2. The van der Waals surface area contributed by atoms with Gasteiger partial charge in [-0.25, -0.2) is 9.59 Å². The zero-order chi connectivity index (χ0) is 16.4.